The quantitative estimate of drug-likeness (QED) is 0.0199. The fourth-order valence-electron chi connectivity index (χ4n) is 12.0. The number of carbonyl (C=O) groups is 1. The minimum Gasteiger partial charge on any atom is -0.394 e. The third kappa shape index (κ3) is 38.9. The Balaban J connectivity index is 1.41. The Hall–Kier alpha value is -3.55. The van der Waals surface area contributed by atoms with Gasteiger partial charge in [-0.05, 0) is 96.3 Å². The first-order chi connectivity index (χ1) is 47.3. The summed E-state index contributed by atoms with van der Waals surface area (Å²) in [7, 11) is 0. The Kier molecular flexibility index (Phi) is 52.4. The van der Waals surface area contributed by atoms with Crippen molar-refractivity contribution in [1.82, 2.24) is 5.32 Å². The van der Waals surface area contributed by atoms with Gasteiger partial charge in [-0.25, -0.2) is 0 Å². The standard InChI is InChI=1S/C78H133NO18/c1-3-5-7-9-11-13-15-17-19-21-23-25-26-27-28-29-30-31-32-33-34-36-38-40-42-44-46-48-50-52-54-56-66(84)79-61(62(83)55-53-51-49-47-45-43-41-39-37-35-24-22-20-18-16-14-12-10-8-6-4-2)60-92-76-72(90)69(87)74(64(58-81)94-76)97-78-73(91)70(88)75(65(59-82)95-78)96-77-71(89)68(86)67(85)63(57-80)93-77/h5,7,11,13,17,19,23,25,27-28,30-31,37,39,45,47,53,55,61-65,67-78,80-83,85-91H,3-4,6,8-10,12,14-16,18,20-22,24,26,29,32-36,38,40-44,46,48-52,54,56-60H2,1-2H3,(H,79,84)/b7-5-,13-11-,19-17-,25-23-,28-27-,31-30-,39-37+,47-45+,55-53+. The number of rotatable bonds is 57. The van der Waals surface area contributed by atoms with Crippen molar-refractivity contribution in [2.75, 3.05) is 26.4 Å². The van der Waals surface area contributed by atoms with Gasteiger partial charge in [0.15, 0.2) is 18.9 Å². The van der Waals surface area contributed by atoms with E-state index in [4.69, 9.17) is 28.4 Å². The highest BCUT2D eigenvalue weighted by Crippen LogP contribution is 2.33. The lowest BCUT2D eigenvalue weighted by Crippen LogP contribution is -2.66. The molecule has 3 fully saturated rings. The molecule has 3 rings (SSSR count). The fourth-order valence-corrected chi connectivity index (χ4v) is 12.0. The molecule has 19 nitrogen and oxygen atoms in total. The van der Waals surface area contributed by atoms with E-state index in [1.54, 1.807) is 6.08 Å². The SMILES string of the molecule is CC/C=C\C/C=C\C/C=C\C/C=C\C/C=C\C/C=C\CCCCCCCCCCCCCCC(=O)NC(COC1OC(CO)C(OC2OC(CO)C(OC3OC(CO)C(O)C(O)C3O)C(O)C2O)C(O)C1O)C(O)/C=C/CC/C=C/CC/C=C/CCCCCCCCCCCCC. The molecule has 0 bridgehead atoms. The van der Waals surface area contributed by atoms with Crippen molar-refractivity contribution < 1.29 is 89.4 Å². The summed E-state index contributed by atoms with van der Waals surface area (Å²) in [5, 5.41) is 121. The molecule has 0 radical (unpaired) electrons. The molecule has 0 aromatic heterocycles. The van der Waals surface area contributed by atoms with E-state index in [-0.39, 0.29) is 18.9 Å². The number of ether oxygens (including phenoxy) is 6. The smallest absolute Gasteiger partial charge is 0.220 e. The molecule has 0 saturated carbocycles. The average molecular weight is 1370 g/mol. The maximum absolute atomic E-state index is 13.4. The largest absolute Gasteiger partial charge is 0.394 e. The van der Waals surface area contributed by atoms with Gasteiger partial charge in [0.1, 0.15) is 73.2 Å². The topological polar surface area (TPSA) is 307 Å². The second-order valence-electron chi connectivity index (χ2n) is 26.4. The maximum atomic E-state index is 13.4. The molecule has 97 heavy (non-hydrogen) atoms. The van der Waals surface area contributed by atoms with Gasteiger partial charge in [0.2, 0.25) is 5.91 Å². The Morgan fingerprint density at radius 1 is 0.381 bits per heavy atom. The second-order valence-corrected chi connectivity index (χ2v) is 26.4. The van der Waals surface area contributed by atoms with Crippen molar-refractivity contribution in [2.45, 2.75) is 349 Å². The maximum Gasteiger partial charge on any atom is 0.220 e. The first-order valence-electron chi connectivity index (χ1n) is 37.6. The van der Waals surface area contributed by atoms with Crippen LogP contribution in [-0.4, -0.2) is 193 Å². The zero-order chi connectivity index (χ0) is 70.4. The van der Waals surface area contributed by atoms with Crippen LogP contribution in [0.2, 0.25) is 0 Å². The van der Waals surface area contributed by atoms with Crippen LogP contribution in [0.4, 0.5) is 0 Å². The Labute approximate surface area is 583 Å². The lowest BCUT2D eigenvalue weighted by atomic mass is 9.96. The van der Waals surface area contributed by atoms with Gasteiger partial charge in [-0.15, -0.1) is 0 Å². The summed E-state index contributed by atoms with van der Waals surface area (Å²) in [5.41, 5.74) is 0. The number of nitrogens with one attached hydrogen (secondary N) is 1. The van der Waals surface area contributed by atoms with E-state index in [1.807, 2.05) is 6.08 Å². The van der Waals surface area contributed by atoms with Crippen molar-refractivity contribution in [3.05, 3.63) is 109 Å². The Morgan fingerprint density at radius 3 is 1.15 bits per heavy atom. The van der Waals surface area contributed by atoms with E-state index in [2.05, 4.69) is 116 Å². The molecule has 3 saturated heterocycles. The van der Waals surface area contributed by atoms with Crippen LogP contribution in [0.1, 0.15) is 245 Å². The van der Waals surface area contributed by atoms with Gasteiger partial charge in [-0.1, -0.05) is 252 Å². The highest BCUT2D eigenvalue weighted by atomic mass is 16.8. The summed E-state index contributed by atoms with van der Waals surface area (Å²) in [5.74, 6) is -0.295. The number of aliphatic hydroxyl groups is 11. The van der Waals surface area contributed by atoms with Crippen molar-refractivity contribution in [3.63, 3.8) is 0 Å². The van der Waals surface area contributed by atoms with Crippen LogP contribution in [0.25, 0.3) is 0 Å². The molecule has 3 heterocycles. The van der Waals surface area contributed by atoms with Gasteiger partial charge in [0.25, 0.3) is 0 Å². The highest BCUT2D eigenvalue weighted by molar-refractivity contribution is 5.76. The summed E-state index contributed by atoms with van der Waals surface area (Å²) in [6.45, 7) is 1.59. The fraction of sp³-hybridized carbons (Fsp3) is 0.756. The first-order valence-corrected chi connectivity index (χ1v) is 37.6. The van der Waals surface area contributed by atoms with Crippen LogP contribution in [0.5, 0.6) is 0 Å². The molecule has 0 spiro atoms. The number of aliphatic hydroxyl groups excluding tert-OH is 11. The monoisotopic (exact) mass is 1370 g/mol. The number of allylic oxidation sites excluding steroid dienone is 17. The molecule has 17 atom stereocenters. The minimum atomic E-state index is -1.99. The summed E-state index contributed by atoms with van der Waals surface area (Å²) < 4.78 is 34.4. The molecule has 0 aromatic rings. The van der Waals surface area contributed by atoms with Crippen LogP contribution < -0.4 is 5.32 Å². The molecule has 3 aliphatic rings. The molecule has 0 aromatic carbocycles. The van der Waals surface area contributed by atoms with E-state index in [9.17, 15) is 61.0 Å². The van der Waals surface area contributed by atoms with Crippen molar-refractivity contribution in [3.8, 4) is 0 Å². The van der Waals surface area contributed by atoms with E-state index in [1.165, 1.54) is 116 Å². The van der Waals surface area contributed by atoms with Gasteiger partial charge in [0, 0.05) is 6.42 Å². The van der Waals surface area contributed by atoms with E-state index < -0.39 is 124 Å². The van der Waals surface area contributed by atoms with Crippen LogP contribution >= 0.6 is 0 Å². The Bertz CT molecular complexity index is 2180. The Morgan fingerprint density at radius 2 is 0.722 bits per heavy atom. The van der Waals surface area contributed by atoms with E-state index in [0.29, 0.717) is 12.8 Å². The lowest BCUT2D eigenvalue weighted by molar-refractivity contribution is -0.379. The van der Waals surface area contributed by atoms with Crippen molar-refractivity contribution in [2.24, 2.45) is 0 Å². The second kappa shape index (κ2) is 58.0. The number of hydrogen-bond donors (Lipinski definition) is 12. The van der Waals surface area contributed by atoms with Gasteiger partial charge in [0.05, 0.1) is 38.6 Å². The van der Waals surface area contributed by atoms with Crippen LogP contribution in [0.15, 0.2) is 109 Å². The third-order valence-corrected chi connectivity index (χ3v) is 18.0. The van der Waals surface area contributed by atoms with Gasteiger partial charge in [-0.2, -0.15) is 0 Å². The molecule has 1 amide bonds. The summed E-state index contributed by atoms with van der Waals surface area (Å²) in [6.07, 6.45) is 52.0. The molecule has 0 aliphatic carbocycles. The van der Waals surface area contributed by atoms with E-state index >= 15 is 0 Å². The van der Waals surface area contributed by atoms with Gasteiger partial charge < -0.3 is 89.9 Å². The van der Waals surface area contributed by atoms with Crippen LogP contribution in [-0.2, 0) is 33.2 Å². The van der Waals surface area contributed by atoms with Gasteiger partial charge >= 0.3 is 0 Å². The zero-order valence-corrected chi connectivity index (χ0v) is 59.3. The summed E-state index contributed by atoms with van der Waals surface area (Å²) in [6, 6.07) is -1.01. The molecular weight excluding hydrogens is 1240 g/mol. The third-order valence-electron chi connectivity index (χ3n) is 18.0. The molecule has 3 aliphatic heterocycles. The average Bonchev–Trinajstić information content (AvgIpc) is 0.798. The van der Waals surface area contributed by atoms with Crippen LogP contribution in [0, 0.1) is 0 Å². The number of amides is 1. The van der Waals surface area contributed by atoms with Crippen molar-refractivity contribution in [1.29, 1.82) is 0 Å². The molecule has 19 heteroatoms. The molecule has 558 valence electrons. The summed E-state index contributed by atoms with van der Waals surface area (Å²) >= 11 is 0. The first kappa shape index (κ1) is 87.7. The summed E-state index contributed by atoms with van der Waals surface area (Å²) in [4.78, 5) is 13.4. The number of hydrogen-bond acceptors (Lipinski definition) is 18. The molecule has 12 N–H and O–H groups in total. The zero-order valence-electron chi connectivity index (χ0n) is 59.3. The predicted molar refractivity (Wildman–Crippen MR) is 383 cm³/mol. The highest BCUT2D eigenvalue weighted by Gasteiger charge is 2.53. The van der Waals surface area contributed by atoms with Gasteiger partial charge in [-0.3, -0.25) is 4.79 Å². The normalized spacial score (nSPS) is 27.5. The number of carbonyl (C=O) groups excluding carboxylic acids is 1. The lowest BCUT2D eigenvalue weighted by Gasteiger charge is -2.48. The van der Waals surface area contributed by atoms with Crippen LogP contribution in [0.3, 0.4) is 0 Å². The number of unbranched alkanes of at least 4 members (excludes halogenated alkanes) is 25. The predicted octanol–water partition coefficient (Wildman–Crippen LogP) is 11.4. The van der Waals surface area contributed by atoms with Crippen molar-refractivity contribution >= 4 is 5.91 Å². The molecular formula is C78H133NO18. The minimum absolute atomic E-state index is 0.223. The molecule has 17 unspecified atom stereocenters. The van der Waals surface area contributed by atoms with E-state index in [0.717, 1.165) is 96.3 Å².